The number of aromatic nitrogens is 3. The first-order valence-electron chi connectivity index (χ1n) is 10.9. The van der Waals surface area contributed by atoms with Gasteiger partial charge in [-0.15, -0.1) is 11.3 Å². The van der Waals surface area contributed by atoms with E-state index in [1.54, 1.807) is 12.1 Å². The standard InChI is InChI=1S/C25H22F5N3S/c1-2-3-4-5-6-15-9-10-34-24(15)16-11-20(18-8-7-17(26)13-19(18)27)31-21(12-16)22-14-23(33-32-22)25(28,29)30/h7-14H,2-6H2,1H3,(H,32,33). The molecule has 0 radical (unpaired) electrons. The van der Waals surface area contributed by atoms with Gasteiger partial charge in [0.25, 0.3) is 0 Å². The number of pyridine rings is 1. The molecule has 4 rings (SSSR count). The van der Waals surface area contributed by atoms with Crippen LogP contribution in [0.1, 0.15) is 43.9 Å². The Balaban J connectivity index is 1.80. The lowest BCUT2D eigenvalue weighted by Crippen LogP contribution is -2.04. The predicted octanol–water partition coefficient (Wildman–Crippen LogP) is 8.29. The van der Waals surface area contributed by atoms with Crippen LogP contribution in [-0.2, 0) is 12.6 Å². The van der Waals surface area contributed by atoms with E-state index < -0.39 is 23.5 Å². The second-order valence-electron chi connectivity index (χ2n) is 8.00. The molecule has 34 heavy (non-hydrogen) atoms. The summed E-state index contributed by atoms with van der Waals surface area (Å²) in [5, 5.41) is 7.73. The van der Waals surface area contributed by atoms with E-state index in [4.69, 9.17) is 0 Å². The third-order valence-electron chi connectivity index (χ3n) is 5.49. The molecule has 0 aliphatic heterocycles. The van der Waals surface area contributed by atoms with E-state index in [2.05, 4.69) is 17.0 Å². The van der Waals surface area contributed by atoms with Crippen molar-refractivity contribution in [3.63, 3.8) is 0 Å². The number of nitrogens with zero attached hydrogens (tertiary/aromatic N) is 2. The lowest BCUT2D eigenvalue weighted by atomic mass is 10.0. The van der Waals surface area contributed by atoms with Crippen LogP contribution in [0.25, 0.3) is 33.1 Å². The van der Waals surface area contributed by atoms with E-state index >= 15 is 0 Å². The van der Waals surface area contributed by atoms with Crippen molar-refractivity contribution < 1.29 is 22.0 Å². The molecule has 1 N–H and O–H groups in total. The highest BCUT2D eigenvalue weighted by atomic mass is 32.1. The molecule has 3 heterocycles. The zero-order valence-electron chi connectivity index (χ0n) is 18.3. The highest BCUT2D eigenvalue weighted by Gasteiger charge is 2.33. The van der Waals surface area contributed by atoms with Gasteiger partial charge in [0.2, 0.25) is 0 Å². The van der Waals surface area contributed by atoms with Crippen molar-refractivity contribution in [2.45, 2.75) is 45.2 Å². The number of nitrogens with one attached hydrogen (secondary N) is 1. The molecule has 4 aromatic rings. The van der Waals surface area contributed by atoms with Crippen LogP contribution in [0, 0.1) is 11.6 Å². The van der Waals surface area contributed by atoms with Crippen LogP contribution >= 0.6 is 11.3 Å². The minimum Gasteiger partial charge on any atom is -0.273 e. The molecule has 1 aromatic carbocycles. The fraction of sp³-hybridized carbons (Fsp3) is 0.280. The number of unbranched alkanes of at least 4 members (excludes halogenated alkanes) is 3. The molecule has 0 aliphatic rings. The summed E-state index contributed by atoms with van der Waals surface area (Å²) in [6.07, 6.45) is 0.662. The zero-order chi connectivity index (χ0) is 24.3. The van der Waals surface area contributed by atoms with Crippen LogP contribution in [-0.4, -0.2) is 15.2 Å². The van der Waals surface area contributed by atoms with Crippen LogP contribution < -0.4 is 0 Å². The number of H-pyrrole nitrogens is 1. The van der Waals surface area contributed by atoms with Crippen LogP contribution in [0.3, 0.4) is 0 Å². The topological polar surface area (TPSA) is 41.6 Å². The third kappa shape index (κ3) is 5.35. The van der Waals surface area contributed by atoms with Gasteiger partial charge in [-0.2, -0.15) is 18.3 Å². The van der Waals surface area contributed by atoms with E-state index in [-0.39, 0.29) is 22.6 Å². The molecule has 0 fully saturated rings. The lowest BCUT2D eigenvalue weighted by Gasteiger charge is -2.10. The average molecular weight is 492 g/mol. The minimum absolute atomic E-state index is 0.0148. The van der Waals surface area contributed by atoms with Crippen LogP contribution in [0.5, 0.6) is 0 Å². The Bertz CT molecular complexity index is 1280. The molecule has 0 saturated heterocycles. The molecule has 178 valence electrons. The van der Waals surface area contributed by atoms with E-state index in [1.807, 2.05) is 16.5 Å². The van der Waals surface area contributed by atoms with Gasteiger partial charge < -0.3 is 0 Å². The number of hydrogen-bond acceptors (Lipinski definition) is 3. The van der Waals surface area contributed by atoms with Gasteiger partial charge in [-0.05, 0) is 65.7 Å². The summed E-state index contributed by atoms with van der Waals surface area (Å²) in [4.78, 5) is 5.32. The number of halogens is 5. The smallest absolute Gasteiger partial charge is 0.273 e. The quantitative estimate of drug-likeness (QED) is 0.199. The Morgan fingerprint density at radius 2 is 1.71 bits per heavy atom. The second-order valence-corrected chi connectivity index (χ2v) is 8.92. The number of aromatic amines is 1. The summed E-state index contributed by atoms with van der Waals surface area (Å²) in [6.45, 7) is 2.14. The van der Waals surface area contributed by atoms with Gasteiger partial charge in [-0.1, -0.05) is 26.2 Å². The molecule has 0 spiro atoms. The summed E-state index contributed by atoms with van der Waals surface area (Å²) in [7, 11) is 0. The highest BCUT2D eigenvalue weighted by Crippen LogP contribution is 2.37. The van der Waals surface area contributed by atoms with Crippen LogP contribution in [0.2, 0.25) is 0 Å². The highest BCUT2D eigenvalue weighted by molar-refractivity contribution is 7.13. The van der Waals surface area contributed by atoms with E-state index in [0.29, 0.717) is 5.56 Å². The molecular formula is C25H22F5N3S. The molecule has 0 bridgehead atoms. The summed E-state index contributed by atoms with van der Waals surface area (Å²) in [6, 6.07) is 9.38. The van der Waals surface area contributed by atoms with Crippen molar-refractivity contribution in [1.29, 1.82) is 0 Å². The maximum Gasteiger partial charge on any atom is 0.432 e. The Hall–Kier alpha value is -3.07. The molecule has 3 aromatic heterocycles. The Kier molecular flexibility index (Phi) is 7.11. The van der Waals surface area contributed by atoms with Crippen molar-refractivity contribution in [1.82, 2.24) is 15.2 Å². The molecule has 0 amide bonds. The largest absolute Gasteiger partial charge is 0.432 e. The van der Waals surface area contributed by atoms with E-state index in [1.165, 1.54) is 17.4 Å². The third-order valence-corrected chi connectivity index (χ3v) is 6.49. The Labute approximate surface area is 197 Å². The van der Waals surface area contributed by atoms with Gasteiger partial charge in [0, 0.05) is 16.5 Å². The second kappa shape index (κ2) is 10.0. The van der Waals surface area contributed by atoms with E-state index in [0.717, 1.165) is 60.7 Å². The first kappa shape index (κ1) is 24.1. The first-order chi connectivity index (χ1) is 16.3. The van der Waals surface area contributed by atoms with E-state index in [9.17, 15) is 22.0 Å². The van der Waals surface area contributed by atoms with Crippen LogP contribution in [0.15, 0.2) is 47.8 Å². The van der Waals surface area contributed by atoms with Gasteiger partial charge in [0.1, 0.15) is 23.0 Å². The fourth-order valence-corrected chi connectivity index (χ4v) is 4.70. The summed E-state index contributed by atoms with van der Waals surface area (Å²) in [5.41, 5.74) is 1.19. The van der Waals surface area contributed by atoms with Gasteiger partial charge in [0.15, 0.2) is 0 Å². The molecular weight excluding hydrogens is 469 g/mol. The maximum atomic E-state index is 14.6. The Morgan fingerprint density at radius 1 is 0.912 bits per heavy atom. The Morgan fingerprint density at radius 3 is 2.41 bits per heavy atom. The number of aryl methyl sites for hydroxylation is 1. The molecule has 3 nitrogen and oxygen atoms in total. The average Bonchev–Trinajstić information content (AvgIpc) is 3.46. The lowest BCUT2D eigenvalue weighted by molar-refractivity contribution is -0.141. The summed E-state index contributed by atoms with van der Waals surface area (Å²) < 4.78 is 67.4. The molecule has 0 aliphatic carbocycles. The number of rotatable bonds is 8. The van der Waals surface area contributed by atoms with Gasteiger partial charge in [-0.25, -0.2) is 13.8 Å². The van der Waals surface area contributed by atoms with Crippen LogP contribution in [0.4, 0.5) is 22.0 Å². The molecule has 0 atom stereocenters. The predicted molar refractivity (Wildman–Crippen MR) is 123 cm³/mol. The first-order valence-corrected chi connectivity index (χ1v) is 11.8. The van der Waals surface area contributed by atoms with Gasteiger partial charge >= 0.3 is 6.18 Å². The number of thiophene rings is 1. The normalized spacial score (nSPS) is 11.8. The summed E-state index contributed by atoms with van der Waals surface area (Å²) >= 11 is 1.50. The monoisotopic (exact) mass is 491 g/mol. The van der Waals surface area contributed by atoms with Crippen molar-refractivity contribution in [2.24, 2.45) is 0 Å². The van der Waals surface area contributed by atoms with Crippen molar-refractivity contribution in [3.8, 4) is 33.1 Å². The number of benzene rings is 1. The minimum atomic E-state index is -4.59. The van der Waals surface area contributed by atoms with Gasteiger partial charge in [-0.3, -0.25) is 5.10 Å². The van der Waals surface area contributed by atoms with Crippen molar-refractivity contribution in [3.05, 3.63) is 70.7 Å². The maximum absolute atomic E-state index is 14.6. The van der Waals surface area contributed by atoms with Crippen molar-refractivity contribution in [2.75, 3.05) is 0 Å². The summed E-state index contributed by atoms with van der Waals surface area (Å²) in [5.74, 6) is -1.54. The number of alkyl halides is 3. The van der Waals surface area contributed by atoms with Crippen molar-refractivity contribution >= 4 is 11.3 Å². The molecule has 0 unspecified atom stereocenters. The molecule has 0 saturated carbocycles. The molecule has 9 heteroatoms. The van der Waals surface area contributed by atoms with Gasteiger partial charge in [0.05, 0.1) is 11.4 Å². The SMILES string of the molecule is CCCCCCc1ccsc1-c1cc(-c2cc(C(F)(F)F)[nH]n2)nc(-c2ccc(F)cc2F)c1. The zero-order valence-corrected chi connectivity index (χ0v) is 19.2. The fourth-order valence-electron chi connectivity index (χ4n) is 3.75. The number of hydrogen-bond donors (Lipinski definition) is 1.